The Morgan fingerprint density at radius 1 is 1.42 bits per heavy atom. The highest BCUT2D eigenvalue weighted by Crippen LogP contribution is 2.19. The number of hydrogen-bond donors (Lipinski definition) is 2. The molecule has 2 rings (SSSR count). The average molecular weight is 264 g/mol. The van der Waals surface area contributed by atoms with E-state index in [0.29, 0.717) is 16.7 Å². The minimum atomic E-state index is -0.956. The van der Waals surface area contributed by atoms with Gasteiger partial charge in [-0.05, 0) is 22.4 Å². The molecule has 0 spiro atoms. The predicted molar refractivity (Wildman–Crippen MR) is 65.7 cm³/mol. The van der Waals surface area contributed by atoms with E-state index >= 15 is 0 Å². The second kappa shape index (κ2) is 5.34. The van der Waals surface area contributed by atoms with Crippen LogP contribution in [0.4, 0.5) is 10.5 Å². The van der Waals surface area contributed by atoms with E-state index in [-0.39, 0.29) is 13.0 Å². The van der Waals surface area contributed by atoms with Gasteiger partial charge in [-0.3, -0.25) is 4.79 Å². The van der Waals surface area contributed by atoms with Gasteiger partial charge < -0.3 is 15.3 Å². The van der Waals surface area contributed by atoms with Crippen molar-refractivity contribution in [2.45, 2.75) is 6.42 Å². The Bertz CT molecular complexity index is 610. The van der Waals surface area contributed by atoms with Crippen LogP contribution in [-0.4, -0.2) is 45.9 Å². The average Bonchev–Trinajstić information content (AvgIpc) is 2.85. The Labute approximate surface area is 108 Å². The zero-order chi connectivity index (χ0) is 13.8. The Hall–Kier alpha value is -2.64. The van der Waals surface area contributed by atoms with Crippen molar-refractivity contribution >= 4 is 28.7 Å². The first kappa shape index (κ1) is 12.8. The van der Waals surface area contributed by atoms with Crippen molar-refractivity contribution < 1.29 is 19.3 Å². The van der Waals surface area contributed by atoms with Crippen molar-refractivity contribution in [3.05, 3.63) is 18.2 Å². The number of fused-ring (bicyclic) bond motifs is 1. The number of anilines is 1. The molecule has 8 nitrogen and oxygen atoms in total. The number of carboxylic acid groups (broad SMARTS) is 1. The predicted octanol–water partition coefficient (Wildman–Crippen LogP) is 1.16. The van der Waals surface area contributed by atoms with E-state index in [1.165, 1.54) is 11.9 Å². The fourth-order valence-electron chi connectivity index (χ4n) is 1.48. The van der Waals surface area contributed by atoms with Crippen LogP contribution in [0.3, 0.4) is 0 Å². The largest absolute Gasteiger partial charge is 0.481 e. The van der Waals surface area contributed by atoms with Gasteiger partial charge in [-0.1, -0.05) is 6.07 Å². The molecular weight excluding hydrogens is 252 g/mol. The van der Waals surface area contributed by atoms with Crippen molar-refractivity contribution in [1.29, 1.82) is 0 Å². The Morgan fingerprint density at radius 2 is 2.21 bits per heavy atom. The topological polar surface area (TPSA) is 109 Å². The molecule has 0 unspecified atom stereocenters. The number of aromatic nitrogens is 2. The molecule has 0 aliphatic rings. The maximum absolute atomic E-state index is 11.8. The van der Waals surface area contributed by atoms with Crippen LogP contribution in [0, 0.1) is 0 Å². The Balaban J connectivity index is 2.06. The molecule has 0 aliphatic heterocycles. The number of urea groups is 1. The second-order valence-electron chi connectivity index (χ2n) is 3.93. The molecule has 19 heavy (non-hydrogen) atoms. The highest BCUT2D eigenvalue weighted by atomic mass is 16.6. The molecule has 2 amide bonds. The number of carbonyl (C=O) groups is 2. The molecule has 0 fully saturated rings. The number of benzene rings is 1. The third-order valence-corrected chi connectivity index (χ3v) is 2.54. The number of carboxylic acids is 1. The van der Waals surface area contributed by atoms with Crippen LogP contribution in [0.2, 0.25) is 0 Å². The Morgan fingerprint density at radius 3 is 2.95 bits per heavy atom. The summed E-state index contributed by atoms with van der Waals surface area (Å²) in [4.78, 5) is 23.5. The molecule has 1 aromatic heterocycles. The monoisotopic (exact) mass is 264 g/mol. The van der Waals surface area contributed by atoms with E-state index in [2.05, 4.69) is 20.3 Å². The molecule has 2 N–H and O–H groups in total. The summed E-state index contributed by atoms with van der Waals surface area (Å²) in [6, 6.07) is 4.65. The maximum atomic E-state index is 11.8. The number of hydrogen-bond acceptors (Lipinski definition) is 5. The summed E-state index contributed by atoms with van der Waals surface area (Å²) in [6.07, 6.45) is -0.111. The summed E-state index contributed by atoms with van der Waals surface area (Å²) in [5.74, 6) is -0.956. The lowest BCUT2D eigenvalue weighted by molar-refractivity contribution is -0.137. The maximum Gasteiger partial charge on any atom is 0.321 e. The smallest absolute Gasteiger partial charge is 0.321 e. The van der Waals surface area contributed by atoms with E-state index in [4.69, 9.17) is 5.11 Å². The summed E-state index contributed by atoms with van der Waals surface area (Å²) in [7, 11) is 1.51. The molecule has 100 valence electrons. The molecular formula is C11H12N4O4. The first-order valence-corrected chi connectivity index (χ1v) is 5.53. The summed E-state index contributed by atoms with van der Waals surface area (Å²) < 4.78 is 4.58. The molecule has 0 aliphatic carbocycles. The van der Waals surface area contributed by atoms with Crippen molar-refractivity contribution in [1.82, 2.24) is 15.2 Å². The number of aliphatic carboxylic acids is 1. The summed E-state index contributed by atoms with van der Waals surface area (Å²) >= 11 is 0. The number of rotatable bonds is 4. The fraction of sp³-hybridized carbons (Fsp3) is 0.273. The third kappa shape index (κ3) is 2.97. The highest BCUT2D eigenvalue weighted by molar-refractivity contribution is 5.98. The quantitative estimate of drug-likeness (QED) is 0.857. The zero-order valence-corrected chi connectivity index (χ0v) is 10.2. The van der Waals surface area contributed by atoms with Crippen molar-refractivity contribution in [3.8, 4) is 0 Å². The number of nitrogens with one attached hydrogen (secondary N) is 1. The molecule has 1 aromatic carbocycles. The van der Waals surface area contributed by atoms with Crippen LogP contribution in [0.1, 0.15) is 6.42 Å². The number of carbonyl (C=O) groups excluding carboxylic acids is 1. The zero-order valence-electron chi connectivity index (χ0n) is 10.2. The third-order valence-electron chi connectivity index (χ3n) is 2.54. The molecule has 8 heteroatoms. The lowest BCUT2D eigenvalue weighted by Crippen LogP contribution is -2.33. The van der Waals surface area contributed by atoms with Gasteiger partial charge in [-0.25, -0.2) is 9.42 Å². The van der Waals surface area contributed by atoms with Crippen LogP contribution in [0.25, 0.3) is 11.0 Å². The van der Waals surface area contributed by atoms with Gasteiger partial charge in [-0.15, -0.1) is 0 Å². The lowest BCUT2D eigenvalue weighted by Gasteiger charge is -2.16. The van der Waals surface area contributed by atoms with Gasteiger partial charge in [0.25, 0.3) is 0 Å². The second-order valence-corrected chi connectivity index (χ2v) is 3.93. The van der Waals surface area contributed by atoms with Crippen molar-refractivity contribution in [2.24, 2.45) is 0 Å². The van der Waals surface area contributed by atoms with Crippen molar-refractivity contribution in [2.75, 3.05) is 18.9 Å². The summed E-state index contributed by atoms with van der Waals surface area (Å²) in [5.41, 5.74) is 1.44. The van der Waals surface area contributed by atoms with Crippen LogP contribution in [0.15, 0.2) is 22.8 Å². The highest BCUT2D eigenvalue weighted by Gasteiger charge is 2.13. The number of nitrogens with zero attached hydrogens (tertiary/aromatic N) is 3. The standard InChI is InChI=1S/C11H12N4O4/c1-15(6-5-9(16)17)11(18)12-7-3-2-4-8-10(7)14-19-13-8/h2-4H,5-6H2,1H3,(H,12,18)(H,16,17). The van der Waals surface area contributed by atoms with E-state index in [1.54, 1.807) is 18.2 Å². The van der Waals surface area contributed by atoms with Gasteiger partial charge in [0, 0.05) is 13.6 Å². The molecule has 0 saturated carbocycles. The van der Waals surface area contributed by atoms with Crippen molar-refractivity contribution in [3.63, 3.8) is 0 Å². The van der Waals surface area contributed by atoms with Crippen LogP contribution < -0.4 is 5.32 Å². The summed E-state index contributed by atoms with van der Waals surface area (Å²) in [5, 5.41) is 18.5. The molecule has 1 heterocycles. The van der Waals surface area contributed by atoms with Gasteiger partial charge in [0.15, 0.2) is 5.52 Å². The van der Waals surface area contributed by atoms with Gasteiger partial charge >= 0.3 is 12.0 Å². The van der Waals surface area contributed by atoms with Gasteiger partial charge in [-0.2, -0.15) is 0 Å². The van der Waals surface area contributed by atoms with Crippen LogP contribution >= 0.6 is 0 Å². The Kier molecular flexibility index (Phi) is 3.60. The number of amides is 2. The molecule has 0 radical (unpaired) electrons. The van der Waals surface area contributed by atoms with E-state index in [1.807, 2.05) is 0 Å². The minimum absolute atomic E-state index is 0.111. The molecule has 0 bridgehead atoms. The summed E-state index contributed by atoms with van der Waals surface area (Å²) in [6.45, 7) is 0.119. The normalized spacial score (nSPS) is 10.4. The minimum Gasteiger partial charge on any atom is -0.481 e. The first-order chi connectivity index (χ1) is 9.08. The van der Waals surface area contributed by atoms with Crippen LogP contribution in [0.5, 0.6) is 0 Å². The van der Waals surface area contributed by atoms with Crippen LogP contribution in [-0.2, 0) is 4.79 Å². The van der Waals surface area contributed by atoms with Gasteiger partial charge in [0.05, 0.1) is 12.1 Å². The fourth-order valence-corrected chi connectivity index (χ4v) is 1.48. The first-order valence-electron chi connectivity index (χ1n) is 5.53. The van der Waals surface area contributed by atoms with E-state index < -0.39 is 12.0 Å². The lowest BCUT2D eigenvalue weighted by atomic mass is 10.2. The van der Waals surface area contributed by atoms with Gasteiger partial charge in [0.2, 0.25) is 0 Å². The molecule has 0 saturated heterocycles. The SMILES string of the molecule is CN(CCC(=O)O)C(=O)Nc1cccc2nonc12. The molecule has 0 atom stereocenters. The van der Waals surface area contributed by atoms with E-state index in [9.17, 15) is 9.59 Å². The molecule has 2 aromatic rings. The van der Waals surface area contributed by atoms with E-state index in [0.717, 1.165) is 0 Å². The van der Waals surface area contributed by atoms with Gasteiger partial charge in [0.1, 0.15) is 5.52 Å².